The molecular formula is C25H23FN2O3S2. The van der Waals surface area contributed by atoms with Crippen LogP contribution in [-0.4, -0.2) is 24.3 Å². The molecule has 0 N–H and O–H groups in total. The lowest BCUT2D eigenvalue weighted by Crippen LogP contribution is -2.29. The molecule has 5 nitrogen and oxygen atoms in total. The molecule has 0 spiro atoms. The molecule has 0 aliphatic carbocycles. The Morgan fingerprint density at radius 3 is 2.36 bits per heavy atom. The summed E-state index contributed by atoms with van der Waals surface area (Å²) in [6, 6.07) is 20.8. The van der Waals surface area contributed by atoms with Crippen molar-refractivity contribution in [1.82, 2.24) is 9.29 Å². The van der Waals surface area contributed by atoms with Crippen LogP contribution in [0.5, 0.6) is 5.75 Å². The molecule has 2 aromatic heterocycles. The van der Waals surface area contributed by atoms with Gasteiger partial charge in [0.05, 0.1) is 6.61 Å². The van der Waals surface area contributed by atoms with Crippen molar-refractivity contribution in [3.8, 4) is 5.75 Å². The first-order chi connectivity index (χ1) is 16.0. The maximum absolute atomic E-state index is 13.3. The van der Waals surface area contributed by atoms with Gasteiger partial charge in [0.2, 0.25) is 0 Å². The Kier molecular flexibility index (Phi) is 7.49. The number of thiophene rings is 1. The lowest BCUT2D eigenvalue weighted by atomic mass is 10.1. The smallest absolute Gasteiger partial charge is 0.253 e. The van der Waals surface area contributed by atoms with Crippen LogP contribution in [0.1, 0.15) is 16.7 Å². The first-order valence-electron chi connectivity index (χ1n) is 10.4. The van der Waals surface area contributed by atoms with Gasteiger partial charge in [-0.3, -0.25) is 4.98 Å². The maximum atomic E-state index is 13.3. The SMILES string of the molecule is O=S(=O)(c1cccs1)N(Cc1ccncc1)Cc1cccc(OCCc2ccc(F)cc2)c1. The van der Waals surface area contributed by atoms with E-state index in [0.29, 0.717) is 23.0 Å². The number of ether oxygens (including phenoxy) is 1. The fraction of sp³-hybridized carbons (Fsp3) is 0.160. The van der Waals surface area contributed by atoms with E-state index in [4.69, 9.17) is 4.74 Å². The lowest BCUT2D eigenvalue weighted by molar-refractivity contribution is 0.320. The van der Waals surface area contributed by atoms with E-state index in [1.807, 2.05) is 36.4 Å². The average molecular weight is 483 g/mol. The first-order valence-corrected chi connectivity index (χ1v) is 12.7. The summed E-state index contributed by atoms with van der Waals surface area (Å²) < 4.78 is 47.3. The number of sulfonamides is 1. The number of pyridine rings is 1. The Labute approximate surface area is 197 Å². The minimum atomic E-state index is -3.66. The van der Waals surface area contributed by atoms with Gasteiger partial charge in [-0.05, 0) is 64.5 Å². The highest BCUT2D eigenvalue weighted by Crippen LogP contribution is 2.25. The molecule has 0 radical (unpaired) electrons. The fourth-order valence-electron chi connectivity index (χ4n) is 3.33. The summed E-state index contributed by atoms with van der Waals surface area (Å²) in [7, 11) is -3.66. The molecule has 2 heterocycles. The second-order valence-electron chi connectivity index (χ2n) is 7.43. The van der Waals surface area contributed by atoms with Crippen LogP contribution in [0.15, 0.2) is 94.8 Å². The number of aromatic nitrogens is 1. The van der Waals surface area contributed by atoms with Crippen LogP contribution in [0.3, 0.4) is 0 Å². The minimum absolute atomic E-state index is 0.206. The van der Waals surface area contributed by atoms with Gasteiger partial charge in [0, 0.05) is 31.9 Å². The number of benzene rings is 2. The maximum Gasteiger partial charge on any atom is 0.253 e. The molecule has 0 saturated heterocycles. The van der Waals surface area contributed by atoms with Crippen LogP contribution >= 0.6 is 11.3 Å². The van der Waals surface area contributed by atoms with E-state index in [1.54, 1.807) is 42.0 Å². The summed E-state index contributed by atoms with van der Waals surface area (Å²) in [6.07, 6.45) is 3.95. The molecule has 0 unspecified atom stereocenters. The zero-order chi connectivity index (χ0) is 23.1. The zero-order valence-corrected chi connectivity index (χ0v) is 19.4. The van der Waals surface area contributed by atoms with E-state index in [0.717, 1.165) is 16.7 Å². The van der Waals surface area contributed by atoms with Gasteiger partial charge in [-0.2, -0.15) is 4.31 Å². The molecule has 4 rings (SSSR count). The molecule has 0 amide bonds. The van der Waals surface area contributed by atoms with Crippen LogP contribution < -0.4 is 4.74 Å². The number of hydrogen-bond donors (Lipinski definition) is 0. The third kappa shape index (κ3) is 6.25. The topological polar surface area (TPSA) is 59.5 Å². The minimum Gasteiger partial charge on any atom is -0.493 e. The van der Waals surface area contributed by atoms with Gasteiger partial charge in [-0.15, -0.1) is 11.3 Å². The van der Waals surface area contributed by atoms with Crippen molar-refractivity contribution in [2.24, 2.45) is 0 Å². The standard InChI is InChI=1S/C25H23FN2O3S2/c26-23-8-6-20(7-9-23)12-15-31-24-4-1-3-22(17-24)19-28(18-21-10-13-27-14-11-21)33(29,30)25-5-2-16-32-25/h1-11,13-14,16-17H,12,15,18-19H2. The Balaban J connectivity index is 1.48. The summed E-state index contributed by atoms with van der Waals surface area (Å²) in [5.74, 6) is 0.396. The highest BCUT2D eigenvalue weighted by molar-refractivity contribution is 7.91. The Hall–Kier alpha value is -3.07. The van der Waals surface area contributed by atoms with Gasteiger partial charge < -0.3 is 4.74 Å². The van der Waals surface area contributed by atoms with E-state index >= 15 is 0 Å². The highest BCUT2D eigenvalue weighted by Gasteiger charge is 2.26. The average Bonchev–Trinajstić information content (AvgIpc) is 3.37. The summed E-state index contributed by atoms with van der Waals surface area (Å²) in [6.45, 7) is 0.874. The summed E-state index contributed by atoms with van der Waals surface area (Å²) >= 11 is 1.20. The number of halogens is 1. The van der Waals surface area contributed by atoms with E-state index in [-0.39, 0.29) is 18.9 Å². The van der Waals surface area contributed by atoms with E-state index in [9.17, 15) is 12.8 Å². The first kappa shape index (κ1) is 23.1. The lowest BCUT2D eigenvalue weighted by Gasteiger charge is -2.22. The molecule has 0 aliphatic heterocycles. The number of hydrogen-bond acceptors (Lipinski definition) is 5. The van der Waals surface area contributed by atoms with Gasteiger partial charge in [0.1, 0.15) is 15.8 Å². The van der Waals surface area contributed by atoms with Crippen LogP contribution in [0.25, 0.3) is 0 Å². The largest absolute Gasteiger partial charge is 0.493 e. The molecule has 0 aliphatic rings. The molecule has 0 saturated carbocycles. The third-order valence-corrected chi connectivity index (χ3v) is 8.19. The molecule has 4 aromatic rings. The van der Waals surface area contributed by atoms with Crippen LogP contribution in [0.2, 0.25) is 0 Å². The zero-order valence-electron chi connectivity index (χ0n) is 17.8. The predicted octanol–water partition coefficient (Wildman–Crippen LogP) is 5.29. The van der Waals surface area contributed by atoms with Gasteiger partial charge in [-0.1, -0.05) is 30.3 Å². The summed E-state index contributed by atoms with van der Waals surface area (Å²) in [4.78, 5) is 4.01. The second kappa shape index (κ2) is 10.7. The predicted molar refractivity (Wildman–Crippen MR) is 127 cm³/mol. The molecule has 0 bridgehead atoms. The molecular weight excluding hydrogens is 459 g/mol. The number of nitrogens with zero attached hydrogens (tertiary/aromatic N) is 2. The van der Waals surface area contributed by atoms with Gasteiger partial charge in [0.15, 0.2) is 0 Å². The van der Waals surface area contributed by atoms with Crippen molar-refractivity contribution < 1.29 is 17.5 Å². The van der Waals surface area contributed by atoms with Gasteiger partial charge in [0.25, 0.3) is 10.0 Å². The van der Waals surface area contributed by atoms with Crippen molar-refractivity contribution in [3.63, 3.8) is 0 Å². The Morgan fingerprint density at radius 1 is 0.879 bits per heavy atom. The number of rotatable bonds is 10. The van der Waals surface area contributed by atoms with Crippen LogP contribution in [0.4, 0.5) is 4.39 Å². The van der Waals surface area contributed by atoms with E-state index in [2.05, 4.69) is 4.98 Å². The van der Waals surface area contributed by atoms with E-state index < -0.39 is 10.0 Å². The van der Waals surface area contributed by atoms with Gasteiger partial charge >= 0.3 is 0 Å². The van der Waals surface area contributed by atoms with Crippen LogP contribution in [-0.2, 0) is 29.5 Å². The van der Waals surface area contributed by atoms with E-state index in [1.165, 1.54) is 27.8 Å². The monoisotopic (exact) mass is 482 g/mol. The second-order valence-corrected chi connectivity index (χ2v) is 10.5. The summed E-state index contributed by atoms with van der Waals surface area (Å²) in [5, 5.41) is 1.76. The van der Waals surface area contributed by atoms with Crippen molar-refractivity contribution in [2.75, 3.05) is 6.61 Å². The van der Waals surface area contributed by atoms with Crippen molar-refractivity contribution in [1.29, 1.82) is 0 Å². The Morgan fingerprint density at radius 2 is 1.64 bits per heavy atom. The molecule has 0 fully saturated rings. The quantitative estimate of drug-likeness (QED) is 0.308. The molecule has 0 atom stereocenters. The van der Waals surface area contributed by atoms with Crippen molar-refractivity contribution in [3.05, 3.63) is 113 Å². The highest BCUT2D eigenvalue weighted by atomic mass is 32.2. The normalized spacial score (nSPS) is 11.6. The van der Waals surface area contributed by atoms with Crippen LogP contribution in [0, 0.1) is 5.82 Å². The molecule has 170 valence electrons. The van der Waals surface area contributed by atoms with Crippen molar-refractivity contribution in [2.45, 2.75) is 23.7 Å². The molecule has 8 heteroatoms. The fourth-order valence-corrected chi connectivity index (χ4v) is 5.89. The molecule has 33 heavy (non-hydrogen) atoms. The third-order valence-electron chi connectivity index (χ3n) is 5.03. The van der Waals surface area contributed by atoms with Gasteiger partial charge in [-0.25, -0.2) is 12.8 Å². The summed E-state index contributed by atoms with van der Waals surface area (Å²) in [5.41, 5.74) is 2.67. The molecule has 2 aromatic carbocycles. The van der Waals surface area contributed by atoms with Crippen molar-refractivity contribution >= 4 is 21.4 Å². The Bertz CT molecular complexity index is 1260.